The first-order valence-electron chi connectivity index (χ1n) is 11.4. The summed E-state index contributed by atoms with van der Waals surface area (Å²) in [7, 11) is 1.76. The molecule has 7 heteroatoms. The lowest BCUT2D eigenvalue weighted by atomic mass is 10.1. The number of hydrogen-bond acceptors (Lipinski definition) is 5. The molecule has 2 heterocycles. The fraction of sp³-hybridized carbons (Fsp3) is 0.480. The smallest absolute Gasteiger partial charge is 0.272 e. The molecule has 0 spiro atoms. The zero-order valence-electron chi connectivity index (χ0n) is 18.9. The van der Waals surface area contributed by atoms with Crippen LogP contribution in [0.1, 0.15) is 41.5 Å². The highest BCUT2D eigenvalue weighted by molar-refractivity contribution is 5.92. The summed E-state index contributed by atoms with van der Waals surface area (Å²) in [6, 6.07) is 15.4. The maximum atomic E-state index is 13.2. The topological polar surface area (TPSA) is 77.0 Å². The van der Waals surface area contributed by atoms with E-state index in [1.807, 2.05) is 47.4 Å². The van der Waals surface area contributed by atoms with Gasteiger partial charge < -0.3 is 14.9 Å². The third-order valence-electron chi connectivity index (χ3n) is 6.85. The van der Waals surface area contributed by atoms with E-state index < -0.39 is 6.10 Å². The van der Waals surface area contributed by atoms with Crippen LogP contribution in [0.15, 0.2) is 48.5 Å². The Morgan fingerprint density at radius 3 is 2.44 bits per heavy atom. The highest BCUT2D eigenvalue weighted by atomic mass is 16.3. The Morgan fingerprint density at radius 1 is 1.03 bits per heavy atom. The van der Waals surface area contributed by atoms with Crippen molar-refractivity contribution in [2.45, 2.75) is 44.4 Å². The molecular weight excluding hydrogens is 404 g/mol. The van der Waals surface area contributed by atoms with Crippen LogP contribution in [0.3, 0.4) is 0 Å². The molecule has 2 amide bonds. The highest BCUT2D eigenvalue weighted by Crippen LogP contribution is 2.29. The molecule has 170 valence electrons. The molecule has 2 aromatic rings. The normalized spacial score (nSPS) is 23.8. The number of benzene rings is 1. The first-order chi connectivity index (χ1) is 15.4. The number of amides is 2. The van der Waals surface area contributed by atoms with Gasteiger partial charge in [0.15, 0.2) is 0 Å². The van der Waals surface area contributed by atoms with E-state index in [0.29, 0.717) is 25.2 Å². The number of pyridine rings is 1. The van der Waals surface area contributed by atoms with Gasteiger partial charge >= 0.3 is 0 Å². The van der Waals surface area contributed by atoms with Crippen LogP contribution < -0.4 is 0 Å². The molecule has 32 heavy (non-hydrogen) atoms. The van der Waals surface area contributed by atoms with Gasteiger partial charge in [-0.3, -0.25) is 14.5 Å². The molecule has 2 fully saturated rings. The second-order valence-corrected chi connectivity index (χ2v) is 8.84. The minimum Gasteiger partial charge on any atom is -0.389 e. The SMILES string of the molecule is CC(=O)N1CCN([C@@H]2CC[C@@H](N(C)C(=O)c3cccc(Cc4ccccc4)n3)[C@H]2O)CC1. The summed E-state index contributed by atoms with van der Waals surface area (Å²) in [6.45, 7) is 4.50. The van der Waals surface area contributed by atoms with Crippen molar-refractivity contribution in [3.05, 3.63) is 65.5 Å². The van der Waals surface area contributed by atoms with E-state index in [2.05, 4.69) is 9.88 Å². The molecule has 7 nitrogen and oxygen atoms in total. The van der Waals surface area contributed by atoms with E-state index >= 15 is 0 Å². The van der Waals surface area contributed by atoms with Gasteiger partial charge in [0.2, 0.25) is 5.91 Å². The molecular formula is C25H32N4O3. The van der Waals surface area contributed by atoms with Gasteiger partial charge in [-0.05, 0) is 30.5 Å². The van der Waals surface area contributed by atoms with Crippen LogP contribution in [-0.2, 0) is 11.2 Å². The number of aliphatic hydroxyl groups is 1. The molecule has 2 aliphatic rings. The Bertz CT molecular complexity index is 943. The number of rotatable bonds is 5. The standard InChI is InChI=1S/C25H32N4O3/c1-18(30)28-13-15-29(16-14-28)23-12-11-22(24(23)31)27(2)25(32)21-10-6-9-20(26-21)17-19-7-4-3-5-8-19/h3-10,22-24,31H,11-17H2,1-2H3/t22-,23-,24-/m1/s1. The van der Waals surface area contributed by atoms with E-state index in [-0.39, 0.29) is 23.9 Å². The molecule has 1 saturated heterocycles. The van der Waals surface area contributed by atoms with Gasteiger partial charge in [-0.25, -0.2) is 4.98 Å². The summed E-state index contributed by atoms with van der Waals surface area (Å²) < 4.78 is 0. The minimum atomic E-state index is -0.611. The van der Waals surface area contributed by atoms with Crippen molar-refractivity contribution < 1.29 is 14.7 Å². The zero-order valence-corrected chi connectivity index (χ0v) is 18.9. The second kappa shape index (κ2) is 9.79. The summed E-state index contributed by atoms with van der Waals surface area (Å²) in [4.78, 5) is 35.1. The lowest BCUT2D eigenvalue weighted by Gasteiger charge is -2.39. The van der Waals surface area contributed by atoms with Crippen molar-refractivity contribution in [1.82, 2.24) is 19.7 Å². The minimum absolute atomic E-state index is 0.0155. The zero-order chi connectivity index (χ0) is 22.7. The third-order valence-corrected chi connectivity index (χ3v) is 6.85. The number of carbonyl (C=O) groups is 2. The number of likely N-dealkylation sites (N-methyl/N-ethyl adjacent to an activating group) is 1. The number of aromatic nitrogens is 1. The van der Waals surface area contributed by atoms with Gasteiger partial charge in [0.25, 0.3) is 5.91 Å². The van der Waals surface area contributed by atoms with Crippen LogP contribution in [0, 0.1) is 0 Å². The Hall–Kier alpha value is -2.77. The van der Waals surface area contributed by atoms with Crippen molar-refractivity contribution >= 4 is 11.8 Å². The predicted octanol–water partition coefficient (Wildman–Crippen LogP) is 1.80. The van der Waals surface area contributed by atoms with Crippen LogP contribution >= 0.6 is 0 Å². The summed E-state index contributed by atoms with van der Waals surface area (Å²) in [5, 5.41) is 11.1. The molecule has 4 rings (SSSR count). The summed E-state index contributed by atoms with van der Waals surface area (Å²) in [5.74, 6) is -0.0622. The van der Waals surface area contributed by atoms with Crippen LogP contribution in [-0.4, -0.2) is 88.0 Å². The Morgan fingerprint density at radius 2 is 1.75 bits per heavy atom. The van der Waals surface area contributed by atoms with Crippen molar-refractivity contribution in [3.8, 4) is 0 Å². The molecule has 0 unspecified atom stereocenters. The van der Waals surface area contributed by atoms with Crippen LogP contribution in [0.25, 0.3) is 0 Å². The molecule has 1 saturated carbocycles. The maximum absolute atomic E-state index is 13.2. The fourth-order valence-electron chi connectivity index (χ4n) is 4.96. The monoisotopic (exact) mass is 436 g/mol. The van der Waals surface area contributed by atoms with Gasteiger partial charge in [0.1, 0.15) is 5.69 Å². The first-order valence-corrected chi connectivity index (χ1v) is 11.4. The Labute approximate surface area is 189 Å². The summed E-state index contributed by atoms with van der Waals surface area (Å²) >= 11 is 0. The summed E-state index contributed by atoms with van der Waals surface area (Å²) in [6.07, 6.45) is 1.65. The number of hydrogen-bond donors (Lipinski definition) is 1. The number of piperazine rings is 1. The molecule has 0 radical (unpaired) electrons. The summed E-state index contributed by atoms with van der Waals surface area (Å²) in [5.41, 5.74) is 2.41. The quantitative estimate of drug-likeness (QED) is 0.774. The van der Waals surface area contributed by atoms with Gasteiger partial charge in [0, 0.05) is 58.3 Å². The molecule has 3 atom stereocenters. The van der Waals surface area contributed by atoms with E-state index in [1.165, 1.54) is 0 Å². The van der Waals surface area contributed by atoms with Crippen molar-refractivity contribution in [3.63, 3.8) is 0 Å². The van der Waals surface area contributed by atoms with Crippen molar-refractivity contribution in [1.29, 1.82) is 0 Å². The van der Waals surface area contributed by atoms with Gasteiger partial charge in [-0.15, -0.1) is 0 Å². The highest BCUT2D eigenvalue weighted by Gasteiger charge is 2.42. The maximum Gasteiger partial charge on any atom is 0.272 e. The van der Waals surface area contributed by atoms with Crippen molar-refractivity contribution in [2.75, 3.05) is 33.2 Å². The fourth-order valence-corrected chi connectivity index (χ4v) is 4.96. The molecule has 1 aromatic carbocycles. The average Bonchev–Trinajstić information content (AvgIpc) is 3.20. The number of carbonyl (C=O) groups excluding carboxylic acids is 2. The van der Waals surface area contributed by atoms with Crippen molar-refractivity contribution in [2.24, 2.45) is 0 Å². The molecule has 1 aromatic heterocycles. The van der Waals surface area contributed by atoms with Gasteiger partial charge in [-0.2, -0.15) is 0 Å². The van der Waals surface area contributed by atoms with Gasteiger partial charge in [0.05, 0.1) is 12.1 Å². The molecule has 0 bridgehead atoms. The molecule has 1 aliphatic carbocycles. The van der Waals surface area contributed by atoms with Crippen LogP contribution in [0.4, 0.5) is 0 Å². The third kappa shape index (κ3) is 4.84. The predicted molar refractivity (Wildman–Crippen MR) is 122 cm³/mol. The van der Waals surface area contributed by atoms with Gasteiger partial charge in [-0.1, -0.05) is 36.4 Å². The van der Waals surface area contributed by atoms with E-state index in [0.717, 1.165) is 37.2 Å². The number of nitrogens with zero attached hydrogens (tertiary/aromatic N) is 4. The first kappa shape index (κ1) is 22.4. The lowest BCUT2D eigenvalue weighted by Crippen LogP contribution is -2.55. The second-order valence-electron chi connectivity index (χ2n) is 8.84. The van der Waals surface area contributed by atoms with Crippen LogP contribution in [0.2, 0.25) is 0 Å². The largest absolute Gasteiger partial charge is 0.389 e. The van der Waals surface area contributed by atoms with E-state index in [9.17, 15) is 14.7 Å². The Balaban J connectivity index is 1.39. The lowest BCUT2D eigenvalue weighted by molar-refractivity contribution is -0.131. The van der Waals surface area contributed by atoms with E-state index in [1.54, 1.807) is 24.9 Å². The average molecular weight is 437 g/mol. The Kier molecular flexibility index (Phi) is 6.86. The van der Waals surface area contributed by atoms with E-state index in [4.69, 9.17) is 0 Å². The molecule has 1 N–H and O–H groups in total. The molecule has 1 aliphatic heterocycles. The number of aliphatic hydroxyl groups excluding tert-OH is 1. The van der Waals surface area contributed by atoms with Crippen LogP contribution in [0.5, 0.6) is 0 Å².